The molecule has 6 heteroatoms. The summed E-state index contributed by atoms with van der Waals surface area (Å²) in [5.74, 6) is -1.07. The Kier molecular flexibility index (Phi) is 2.04. The molecule has 0 fully saturated rings. The fourth-order valence-electron chi connectivity index (χ4n) is 1.41. The number of hydrogen-bond donors (Lipinski definition) is 2. The number of aromatic carboxylic acids is 1. The number of halogens is 1. The van der Waals surface area contributed by atoms with E-state index in [-0.39, 0.29) is 11.3 Å². The van der Waals surface area contributed by atoms with Gasteiger partial charge in [0.2, 0.25) is 5.28 Å². The Balaban J connectivity index is 2.82. The van der Waals surface area contributed by atoms with Gasteiger partial charge in [-0.15, -0.1) is 0 Å². The van der Waals surface area contributed by atoms with Crippen LogP contribution in [-0.2, 0) is 7.05 Å². The van der Waals surface area contributed by atoms with Crippen LogP contribution in [0.25, 0.3) is 11.0 Å². The minimum atomic E-state index is -1.07. The zero-order chi connectivity index (χ0) is 11.2. The third-order valence-electron chi connectivity index (χ3n) is 2.23. The molecule has 78 valence electrons. The number of benzene rings is 1. The number of fused-ring (bicyclic) bond motifs is 1. The van der Waals surface area contributed by atoms with E-state index in [1.807, 2.05) is 0 Å². The molecule has 3 N–H and O–H groups in total. The molecule has 0 spiro atoms. The summed E-state index contributed by atoms with van der Waals surface area (Å²) in [6, 6.07) is 2.97. The first-order chi connectivity index (χ1) is 7.00. The lowest BCUT2D eigenvalue weighted by Gasteiger charge is -2.01. The van der Waals surface area contributed by atoms with E-state index in [4.69, 9.17) is 22.4 Å². The van der Waals surface area contributed by atoms with Crippen molar-refractivity contribution in [3.05, 3.63) is 23.0 Å². The lowest BCUT2D eigenvalue weighted by Crippen LogP contribution is -2.02. The topological polar surface area (TPSA) is 81.1 Å². The van der Waals surface area contributed by atoms with Crippen molar-refractivity contribution in [1.82, 2.24) is 9.55 Å². The van der Waals surface area contributed by atoms with Crippen LogP contribution in [0.15, 0.2) is 12.1 Å². The summed E-state index contributed by atoms with van der Waals surface area (Å²) >= 11 is 5.80. The average molecular weight is 226 g/mol. The largest absolute Gasteiger partial charge is 0.478 e. The second kappa shape index (κ2) is 3.13. The van der Waals surface area contributed by atoms with Crippen molar-refractivity contribution in [2.75, 3.05) is 5.73 Å². The molecule has 1 aromatic heterocycles. The summed E-state index contributed by atoms with van der Waals surface area (Å²) in [5, 5.41) is 9.15. The monoisotopic (exact) mass is 225 g/mol. The van der Waals surface area contributed by atoms with Crippen LogP contribution in [0, 0.1) is 0 Å². The number of aryl methyl sites for hydroxylation is 1. The Labute approximate surface area is 90.1 Å². The number of carbonyl (C=O) groups is 1. The molecule has 1 aromatic carbocycles. The molecule has 0 aliphatic carbocycles. The molecule has 0 bridgehead atoms. The van der Waals surface area contributed by atoms with E-state index in [1.165, 1.54) is 6.07 Å². The number of nitrogen functional groups attached to an aromatic ring is 1. The van der Waals surface area contributed by atoms with Gasteiger partial charge in [-0.25, -0.2) is 9.78 Å². The summed E-state index contributed by atoms with van der Waals surface area (Å²) < 4.78 is 1.64. The number of nitrogens with zero attached hydrogens (tertiary/aromatic N) is 2. The third kappa shape index (κ3) is 1.41. The van der Waals surface area contributed by atoms with Crippen molar-refractivity contribution in [3.8, 4) is 0 Å². The molecule has 0 radical (unpaired) electrons. The fraction of sp³-hybridized carbons (Fsp3) is 0.111. The Morgan fingerprint density at radius 1 is 1.60 bits per heavy atom. The number of carboxylic acid groups (broad SMARTS) is 1. The molecule has 0 saturated heterocycles. The van der Waals surface area contributed by atoms with Crippen molar-refractivity contribution < 1.29 is 9.90 Å². The van der Waals surface area contributed by atoms with Crippen LogP contribution in [0.3, 0.4) is 0 Å². The van der Waals surface area contributed by atoms with Gasteiger partial charge < -0.3 is 15.4 Å². The number of hydrogen-bond acceptors (Lipinski definition) is 3. The first-order valence-electron chi connectivity index (χ1n) is 4.15. The number of rotatable bonds is 1. The second-order valence-corrected chi connectivity index (χ2v) is 3.51. The predicted octanol–water partition coefficient (Wildman–Crippen LogP) is 1.51. The maximum absolute atomic E-state index is 10.8. The van der Waals surface area contributed by atoms with Crippen LogP contribution >= 0.6 is 11.6 Å². The Morgan fingerprint density at radius 2 is 2.27 bits per heavy atom. The van der Waals surface area contributed by atoms with Gasteiger partial charge in [0.05, 0.1) is 16.6 Å². The first kappa shape index (κ1) is 9.79. The third-order valence-corrected chi connectivity index (χ3v) is 2.57. The van der Waals surface area contributed by atoms with Gasteiger partial charge in [-0.05, 0) is 23.7 Å². The van der Waals surface area contributed by atoms with Crippen LogP contribution < -0.4 is 5.73 Å². The lowest BCUT2D eigenvalue weighted by atomic mass is 10.1. The van der Waals surface area contributed by atoms with Crippen molar-refractivity contribution in [2.45, 2.75) is 0 Å². The summed E-state index contributed by atoms with van der Waals surface area (Å²) in [6.45, 7) is 0. The average Bonchev–Trinajstić information content (AvgIpc) is 2.43. The van der Waals surface area contributed by atoms with Gasteiger partial charge in [0.25, 0.3) is 0 Å². The second-order valence-electron chi connectivity index (χ2n) is 3.17. The highest BCUT2D eigenvalue weighted by Gasteiger charge is 2.13. The van der Waals surface area contributed by atoms with Crippen molar-refractivity contribution in [1.29, 1.82) is 0 Å². The molecule has 15 heavy (non-hydrogen) atoms. The van der Waals surface area contributed by atoms with Gasteiger partial charge in [0, 0.05) is 12.7 Å². The molecule has 0 saturated carbocycles. The van der Waals surface area contributed by atoms with E-state index in [0.29, 0.717) is 16.3 Å². The zero-order valence-corrected chi connectivity index (χ0v) is 8.62. The Hall–Kier alpha value is -1.75. The maximum atomic E-state index is 10.8. The van der Waals surface area contributed by atoms with E-state index in [2.05, 4.69) is 4.98 Å². The van der Waals surface area contributed by atoms with Gasteiger partial charge in [0.15, 0.2) is 0 Å². The molecule has 0 atom stereocenters. The van der Waals surface area contributed by atoms with Gasteiger partial charge in [-0.3, -0.25) is 0 Å². The molecule has 2 aromatic rings. The number of nitrogens with two attached hydrogens (primary N) is 1. The van der Waals surface area contributed by atoms with Gasteiger partial charge >= 0.3 is 5.97 Å². The van der Waals surface area contributed by atoms with Crippen LogP contribution in [0.1, 0.15) is 10.4 Å². The number of anilines is 1. The maximum Gasteiger partial charge on any atom is 0.337 e. The highest BCUT2D eigenvalue weighted by Crippen LogP contribution is 2.23. The molecule has 2 rings (SSSR count). The smallest absolute Gasteiger partial charge is 0.337 e. The van der Waals surface area contributed by atoms with E-state index in [0.717, 1.165) is 0 Å². The molecule has 0 unspecified atom stereocenters. The summed E-state index contributed by atoms with van der Waals surface area (Å²) in [4.78, 5) is 14.8. The summed E-state index contributed by atoms with van der Waals surface area (Å²) in [7, 11) is 1.73. The van der Waals surface area contributed by atoms with Gasteiger partial charge in [-0.2, -0.15) is 0 Å². The van der Waals surface area contributed by atoms with E-state index in [1.54, 1.807) is 17.7 Å². The molecule has 0 aliphatic rings. The molecular formula is C9H8ClN3O2. The number of carboxylic acids is 1. The van der Waals surface area contributed by atoms with Crippen molar-refractivity contribution in [3.63, 3.8) is 0 Å². The quantitative estimate of drug-likeness (QED) is 0.721. The molecule has 0 aliphatic heterocycles. The molecular weight excluding hydrogens is 218 g/mol. The number of aromatic nitrogens is 2. The van der Waals surface area contributed by atoms with Crippen LogP contribution in [-0.4, -0.2) is 20.6 Å². The SMILES string of the molecule is Cn1c(Cl)nc2cc(C(=O)O)c(N)cc21. The van der Waals surface area contributed by atoms with Crippen LogP contribution in [0.5, 0.6) is 0 Å². The summed E-state index contributed by atoms with van der Waals surface area (Å²) in [5.41, 5.74) is 7.08. The first-order valence-corrected chi connectivity index (χ1v) is 4.53. The van der Waals surface area contributed by atoms with Gasteiger partial charge in [0.1, 0.15) is 0 Å². The molecule has 0 amide bonds. The minimum absolute atomic E-state index is 0.0391. The zero-order valence-electron chi connectivity index (χ0n) is 7.86. The van der Waals surface area contributed by atoms with Crippen molar-refractivity contribution in [2.24, 2.45) is 7.05 Å². The summed E-state index contributed by atoms with van der Waals surface area (Å²) in [6.07, 6.45) is 0. The van der Waals surface area contributed by atoms with E-state index in [9.17, 15) is 4.79 Å². The highest BCUT2D eigenvalue weighted by atomic mass is 35.5. The predicted molar refractivity (Wildman–Crippen MR) is 57.1 cm³/mol. The molecule has 5 nitrogen and oxygen atoms in total. The van der Waals surface area contributed by atoms with Crippen LogP contribution in [0.2, 0.25) is 5.28 Å². The van der Waals surface area contributed by atoms with Gasteiger partial charge in [-0.1, -0.05) is 0 Å². The Morgan fingerprint density at radius 3 is 2.87 bits per heavy atom. The number of imidazole rings is 1. The van der Waals surface area contributed by atoms with E-state index >= 15 is 0 Å². The normalized spacial score (nSPS) is 10.8. The van der Waals surface area contributed by atoms with Crippen LogP contribution in [0.4, 0.5) is 5.69 Å². The fourth-order valence-corrected chi connectivity index (χ4v) is 1.59. The minimum Gasteiger partial charge on any atom is -0.478 e. The van der Waals surface area contributed by atoms with E-state index < -0.39 is 5.97 Å². The van der Waals surface area contributed by atoms with Crippen molar-refractivity contribution >= 4 is 34.3 Å². The molecule has 1 heterocycles. The highest BCUT2D eigenvalue weighted by molar-refractivity contribution is 6.29. The lowest BCUT2D eigenvalue weighted by molar-refractivity contribution is 0.0698. The Bertz CT molecular complexity index is 562. The standard InChI is InChI=1S/C9H8ClN3O2/c1-13-7-3-5(11)4(8(14)15)2-6(7)12-9(13)10/h2-3H,11H2,1H3,(H,14,15).